The first-order valence-corrected chi connectivity index (χ1v) is 7.36. The van der Waals surface area contributed by atoms with Crippen molar-refractivity contribution in [3.8, 4) is 5.75 Å². The van der Waals surface area contributed by atoms with Crippen LogP contribution in [-0.2, 0) is 6.42 Å². The van der Waals surface area contributed by atoms with Crippen LogP contribution in [0.2, 0.25) is 0 Å². The molecule has 0 radical (unpaired) electrons. The summed E-state index contributed by atoms with van der Waals surface area (Å²) in [5, 5.41) is 10.9. The van der Waals surface area contributed by atoms with Gasteiger partial charge in [0.2, 0.25) is 0 Å². The average Bonchev–Trinajstić information content (AvgIpc) is 2.64. The lowest BCUT2D eigenvalue weighted by Gasteiger charge is -2.27. The van der Waals surface area contributed by atoms with Crippen molar-refractivity contribution in [3.63, 3.8) is 0 Å². The van der Waals surface area contributed by atoms with Crippen LogP contribution in [-0.4, -0.2) is 33.8 Å². The molecule has 0 aliphatic carbocycles. The molecule has 0 aromatic carbocycles. The summed E-state index contributed by atoms with van der Waals surface area (Å²) < 4.78 is 5.41. The zero-order valence-electron chi connectivity index (χ0n) is 11.5. The van der Waals surface area contributed by atoms with Gasteiger partial charge in [-0.3, -0.25) is 4.98 Å². The standard InChI is InChI=1S/C14H21NO2S/c1-9-8-15-12(10(2)13(9)17-4)7-14(16)5-6-18-11(14)3/h8,11,16H,5-7H2,1-4H3. The zero-order valence-corrected chi connectivity index (χ0v) is 12.3. The number of ether oxygens (including phenoxy) is 1. The lowest BCUT2D eigenvalue weighted by molar-refractivity contribution is 0.0452. The molecular weight excluding hydrogens is 246 g/mol. The van der Waals surface area contributed by atoms with E-state index in [9.17, 15) is 5.11 Å². The molecule has 1 aliphatic heterocycles. The van der Waals surface area contributed by atoms with Gasteiger partial charge in [-0.1, -0.05) is 6.92 Å². The second-order valence-corrected chi connectivity index (χ2v) is 6.54. The molecule has 1 fully saturated rings. The van der Waals surface area contributed by atoms with Gasteiger partial charge in [0.1, 0.15) is 5.75 Å². The van der Waals surface area contributed by atoms with Crippen molar-refractivity contribution < 1.29 is 9.84 Å². The molecule has 3 nitrogen and oxygen atoms in total. The van der Waals surface area contributed by atoms with E-state index in [-0.39, 0.29) is 5.25 Å². The Morgan fingerprint density at radius 2 is 2.28 bits per heavy atom. The summed E-state index contributed by atoms with van der Waals surface area (Å²) in [7, 11) is 1.68. The fourth-order valence-electron chi connectivity index (χ4n) is 2.54. The van der Waals surface area contributed by atoms with E-state index < -0.39 is 5.60 Å². The molecule has 1 N–H and O–H groups in total. The third-order valence-corrected chi connectivity index (χ3v) is 5.26. The Labute approximate surface area is 113 Å². The number of hydrogen-bond donors (Lipinski definition) is 1. The molecule has 1 aliphatic rings. The number of aromatic nitrogens is 1. The quantitative estimate of drug-likeness (QED) is 0.913. The van der Waals surface area contributed by atoms with Crippen molar-refractivity contribution in [1.29, 1.82) is 0 Å². The van der Waals surface area contributed by atoms with Crippen LogP contribution in [0.4, 0.5) is 0 Å². The zero-order chi connectivity index (χ0) is 13.3. The number of hydrogen-bond acceptors (Lipinski definition) is 4. The molecule has 0 spiro atoms. The normalized spacial score (nSPS) is 27.5. The maximum absolute atomic E-state index is 10.7. The van der Waals surface area contributed by atoms with Crippen molar-refractivity contribution in [1.82, 2.24) is 4.98 Å². The molecule has 0 saturated carbocycles. The van der Waals surface area contributed by atoms with Gasteiger partial charge in [-0.05, 0) is 26.0 Å². The van der Waals surface area contributed by atoms with E-state index in [0.717, 1.165) is 34.7 Å². The van der Waals surface area contributed by atoms with Crippen molar-refractivity contribution in [2.75, 3.05) is 12.9 Å². The lowest BCUT2D eigenvalue weighted by atomic mass is 9.90. The van der Waals surface area contributed by atoms with Gasteiger partial charge in [0.15, 0.2) is 0 Å². The largest absolute Gasteiger partial charge is 0.496 e. The van der Waals surface area contributed by atoms with E-state index in [4.69, 9.17) is 4.74 Å². The Balaban J connectivity index is 2.30. The summed E-state index contributed by atoms with van der Waals surface area (Å²) in [5.74, 6) is 1.92. The minimum absolute atomic E-state index is 0.269. The highest BCUT2D eigenvalue weighted by atomic mass is 32.2. The van der Waals surface area contributed by atoms with E-state index in [2.05, 4.69) is 11.9 Å². The molecule has 100 valence electrons. The van der Waals surface area contributed by atoms with Gasteiger partial charge in [-0.15, -0.1) is 0 Å². The Hall–Kier alpha value is -0.740. The Morgan fingerprint density at radius 1 is 1.56 bits per heavy atom. The maximum Gasteiger partial charge on any atom is 0.128 e. The first-order valence-electron chi connectivity index (χ1n) is 6.31. The molecule has 1 aromatic rings. The first-order chi connectivity index (χ1) is 8.48. The van der Waals surface area contributed by atoms with Gasteiger partial charge in [0, 0.05) is 34.7 Å². The van der Waals surface area contributed by atoms with Crippen LogP contribution in [0, 0.1) is 13.8 Å². The molecule has 1 aromatic heterocycles. The van der Waals surface area contributed by atoms with Gasteiger partial charge in [-0.25, -0.2) is 0 Å². The Morgan fingerprint density at radius 3 is 2.83 bits per heavy atom. The van der Waals surface area contributed by atoms with Crippen LogP contribution >= 0.6 is 11.8 Å². The van der Waals surface area contributed by atoms with Crippen molar-refractivity contribution in [2.45, 2.75) is 44.5 Å². The topological polar surface area (TPSA) is 42.4 Å². The number of aryl methyl sites for hydroxylation is 1. The fourth-order valence-corrected chi connectivity index (χ4v) is 3.88. The third kappa shape index (κ3) is 2.36. The monoisotopic (exact) mass is 267 g/mol. The minimum atomic E-state index is -0.622. The molecule has 1 saturated heterocycles. The van der Waals surface area contributed by atoms with Gasteiger partial charge in [-0.2, -0.15) is 11.8 Å². The van der Waals surface area contributed by atoms with Crippen LogP contribution in [0.25, 0.3) is 0 Å². The molecule has 18 heavy (non-hydrogen) atoms. The van der Waals surface area contributed by atoms with Crippen LogP contribution in [0.5, 0.6) is 5.75 Å². The molecule has 4 heteroatoms. The second-order valence-electron chi connectivity index (χ2n) is 5.09. The molecule has 2 heterocycles. The number of methoxy groups -OCH3 is 1. The van der Waals surface area contributed by atoms with Gasteiger partial charge < -0.3 is 9.84 Å². The summed E-state index contributed by atoms with van der Waals surface area (Å²) in [4.78, 5) is 4.48. The summed E-state index contributed by atoms with van der Waals surface area (Å²) in [6.45, 7) is 6.11. The average molecular weight is 267 g/mol. The maximum atomic E-state index is 10.7. The predicted octanol–water partition coefficient (Wildman–Crippen LogP) is 2.51. The molecule has 0 amide bonds. The SMILES string of the molecule is COc1c(C)cnc(CC2(O)CCSC2C)c1C. The lowest BCUT2D eigenvalue weighted by Crippen LogP contribution is -2.37. The van der Waals surface area contributed by atoms with Crippen LogP contribution in [0.3, 0.4) is 0 Å². The number of thioether (sulfide) groups is 1. The van der Waals surface area contributed by atoms with Crippen molar-refractivity contribution in [2.24, 2.45) is 0 Å². The molecule has 0 bridgehead atoms. The summed E-state index contributed by atoms with van der Waals surface area (Å²) in [5.41, 5.74) is 2.42. The van der Waals surface area contributed by atoms with Crippen molar-refractivity contribution >= 4 is 11.8 Å². The van der Waals surface area contributed by atoms with Crippen LogP contribution in [0.15, 0.2) is 6.20 Å². The number of nitrogens with zero attached hydrogens (tertiary/aromatic N) is 1. The molecule has 2 atom stereocenters. The fraction of sp³-hybridized carbons (Fsp3) is 0.643. The van der Waals surface area contributed by atoms with E-state index in [1.807, 2.05) is 31.8 Å². The van der Waals surface area contributed by atoms with E-state index in [0.29, 0.717) is 6.42 Å². The van der Waals surface area contributed by atoms with E-state index in [1.54, 1.807) is 7.11 Å². The molecule has 2 rings (SSSR count). The van der Waals surface area contributed by atoms with E-state index in [1.165, 1.54) is 0 Å². The second kappa shape index (κ2) is 5.10. The highest BCUT2D eigenvalue weighted by Crippen LogP contribution is 2.38. The van der Waals surface area contributed by atoms with Crippen LogP contribution < -0.4 is 4.74 Å². The van der Waals surface area contributed by atoms with Gasteiger partial charge >= 0.3 is 0 Å². The third-order valence-electron chi connectivity index (χ3n) is 3.88. The van der Waals surface area contributed by atoms with E-state index >= 15 is 0 Å². The summed E-state index contributed by atoms with van der Waals surface area (Å²) in [6, 6.07) is 0. The number of pyridine rings is 1. The number of rotatable bonds is 3. The highest BCUT2D eigenvalue weighted by molar-refractivity contribution is 8.00. The highest BCUT2D eigenvalue weighted by Gasteiger charge is 2.39. The smallest absolute Gasteiger partial charge is 0.128 e. The summed E-state index contributed by atoms with van der Waals surface area (Å²) >= 11 is 1.83. The minimum Gasteiger partial charge on any atom is -0.496 e. The molecule has 2 unspecified atom stereocenters. The molecular formula is C14H21NO2S. The summed E-state index contributed by atoms with van der Waals surface area (Å²) in [6.07, 6.45) is 3.29. The Kier molecular flexibility index (Phi) is 3.87. The first kappa shape index (κ1) is 13.7. The number of aliphatic hydroxyl groups is 1. The predicted molar refractivity (Wildman–Crippen MR) is 75.5 cm³/mol. The van der Waals surface area contributed by atoms with Crippen molar-refractivity contribution in [3.05, 3.63) is 23.0 Å². The van der Waals surface area contributed by atoms with Gasteiger partial charge in [0.25, 0.3) is 0 Å². The Bertz CT molecular complexity index is 450. The van der Waals surface area contributed by atoms with Gasteiger partial charge in [0.05, 0.1) is 12.7 Å². The van der Waals surface area contributed by atoms with Crippen LogP contribution in [0.1, 0.15) is 30.2 Å².